The van der Waals surface area contributed by atoms with Crippen molar-refractivity contribution in [3.8, 4) is 0 Å². The van der Waals surface area contributed by atoms with E-state index >= 15 is 4.79 Å². The van der Waals surface area contributed by atoms with E-state index in [1.54, 1.807) is 0 Å². The Labute approximate surface area is 577 Å². The van der Waals surface area contributed by atoms with Gasteiger partial charge in [0, 0.05) is 166 Å². The van der Waals surface area contributed by atoms with E-state index < -0.39 is 0 Å². The van der Waals surface area contributed by atoms with Gasteiger partial charge in [-0.1, -0.05) is 131 Å². The first-order valence-corrected chi connectivity index (χ1v) is 38.4. The molecule has 2 aromatic carbocycles. The van der Waals surface area contributed by atoms with Crippen LogP contribution in [0.2, 0.25) is 10.0 Å². The number of carbonyl (C=O) groups is 1. The van der Waals surface area contributed by atoms with Crippen LogP contribution in [-0.2, 0) is 22.4 Å². The second-order valence-corrected chi connectivity index (χ2v) is 31.0. The lowest BCUT2D eigenvalue weighted by molar-refractivity contribution is -0.136. The molecule has 4 fully saturated rings. The van der Waals surface area contributed by atoms with Crippen molar-refractivity contribution >= 4 is 35.2 Å². The third kappa shape index (κ3) is 23.6. The van der Waals surface area contributed by atoms with E-state index in [0.29, 0.717) is 64.0 Å². The number of hydrogen-bond acceptors (Lipinski definition) is 13. The van der Waals surface area contributed by atoms with Crippen molar-refractivity contribution in [2.75, 3.05) is 160 Å². The van der Waals surface area contributed by atoms with Crippen molar-refractivity contribution in [1.82, 2.24) is 60.0 Å². The monoisotopic (exact) mass is 1330 g/mol. The highest BCUT2D eigenvalue weighted by Crippen LogP contribution is 2.36. The molecule has 2 aromatic rings. The Morgan fingerprint density at radius 1 is 0.645 bits per heavy atom. The van der Waals surface area contributed by atoms with E-state index in [1.165, 1.54) is 42.4 Å². The average molecular weight is 1330 g/mol. The molecular formula is C77H132Cl2N12O2. The predicted molar refractivity (Wildman–Crippen MR) is 394 cm³/mol. The predicted octanol–water partition coefficient (Wildman–Crippen LogP) is 11.3. The molecular weight excluding hydrogens is 1200 g/mol. The van der Waals surface area contributed by atoms with Crippen LogP contribution < -0.4 is 16.0 Å². The van der Waals surface area contributed by atoms with E-state index in [2.05, 4.69) is 198 Å². The standard InChI is InChI=1S/C77H132Cl2N12O2/c1-12-60(5)73-57-84(7)46-47-86(9)67-28-21-18-22-43-90(55-67)69-48-62-31-29-61(30-32-62)26-19-16-17-20-27-66(51-81-73)85(8)44-37-74(76(92)89-41-23-24-42-89)87(10)58-75(64(13-2)14-3)88(11)59-77(38-25-39-77)82-52-68-50-70(93-15-4)56-91(68)53-65(80-40-45-83(6)54-69)35-33-63-34-36-71(78)72(79)49-63/h18-19,21,26,29-32,34,36,49,60,64-70,73-75,80-82H,12-17,20,22-25,27-28,33,35,37-48,50-59H2,1-11H3/b21-18-,26-19?/t60-,65-,66-,67-,68-,69-,70+,73+,74-,75+/m0/s1. The van der Waals surface area contributed by atoms with Crippen LogP contribution in [0.3, 0.4) is 0 Å². The summed E-state index contributed by atoms with van der Waals surface area (Å²) in [4.78, 5) is 38.8. The van der Waals surface area contributed by atoms with Crippen molar-refractivity contribution in [2.24, 2.45) is 11.8 Å². The molecule has 0 aromatic heterocycles. The Balaban J connectivity index is 1.14. The normalized spacial score (nSPS) is 30.9. The molecule has 526 valence electrons. The molecule has 0 radical (unpaired) electrons. The topological polar surface area (TPSA) is 91.5 Å². The zero-order chi connectivity index (χ0) is 66.3. The summed E-state index contributed by atoms with van der Waals surface area (Å²) in [6, 6.07) is 18.0. The summed E-state index contributed by atoms with van der Waals surface area (Å²) in [6.07, 6.45) is 30.6. The van der Waals surface area contributed by atoms with Crippen LogP contribution in [0.4, 0.5) is 0 Å². The third-order valence-corrected chi connectivity index (χ3v) is 24.1. The van der Waals surface area contributed by atoms with Crippen molar-refractivity contribution in [1.29, 1.82) is 0 Å². The summed E-state index contributed by atoms with van der Waals surface area (Å²) in [5.74, 6) is 1.40. The van der Waals surface area contributed by atoms with Crippen LogP contribution in [0, 0.1) is 11.8 Å². The number of ether oxygens (including phenoxy) is 1. The summed E-state index contributed by atoms with van der Waals surface area (Å²) in [6.45, 7) is 28.9. The van der Waals surface area contributed by atoms with Gasteiger partial charge in [0.15, 0.2) is 0 Å². The van der Waals surface area contributed by atoms with Gasteiger partial charge in [-0.15, -0.1) is 0 Å². The smallest absolute Gasteiger partial charge is 0.239 e. The largest absolute Gasteiger partial charge is 0.377 e. The van der Waals surface area contributed by atoms with Gasteiger partial charge in [-0.3, -0.25) is 19.5 Å². The number of carbonyl (C=O) groups excluding carboxylic acids is 1. The molecule has 16 heteroatoms. The number of benzene rings is 2. The molecule has 11 atom stereocenters. The minimum Gasteiger partial charge on any atom is -0.377 e. The molecule has 1 spiro atoms. The van der Waals surface area contributed by atoms with Crippen molar-refractivity contribution in [2.45, 2.75) is 217 Å². The van der Waals surface area contributed by atoms with E-state index in [-0.39, 0.29) is 23.7 Å². The van der Waals surface area contributed by atoms with Gasteiger partial charge in [-0.25, -0.2) is 0 Å². The van der Waals surface area contributed by atoms with Gasteiger partial charge in [0.2, 0.25) is 5.91 Å². The number of nitrogens with zero attached hydrogens (tertiary/aromatic N) is 9. The summed E-state index contributed by atoms with van der Waals surface area (Å²) in [5.41, 5.74) is 3.98. The highest BCUT2D eigenvalue weighted by Gasteiger charge is 2.43. The number of aryl methyl sites for hydroxylation is 1. The number of allylic oxidation sites excluding steroid dienone is 1. The Morgan fingerprint density at radius 2 is 1.41 bits per heavy atom. The van der Waals surface area contributed by atoms with E-state index in [4.69, 9.17) is 27.9 Å². The van der Waals surface area contributed by atoms with Crippen LogP contribution in [-0.4, -0.2) is 270 Å². The number of amides is 1. The van der Waals surface area contributed by atoms with E-state index in [0.717, 1.165) is 214 Å². The highest BCUT2D eigenvalue weighted by atomic mass is 35.5. The number of rotatable bonds is 11. The van der Waals surface area contributed by atoms with Gasteiger partial charge in [-0.05, 0) is 186 Å². The third-order valence-electron chi connectivity index (χ3n) is 23.3. The Kier molecular flexibility index (Phi) is 32.2. The van der Waals surface area contributed by atoms with Gasteiger partial charge in [0.25, 0.3) is 0 Å². The molecule has 93 heavy (non-hydrogen) atoms. The quantitative estimate of drug-likeness (QED) is 0.187. The Hall–Kier alpha value is -2.51. The molecule has 8 aliphatic heterocycles. The molecule has 1 amide bonds. The summed E-state index contributed by atoms with van der Waals surface area (Å²) in [7, 11) is 14.2. The van der Waals surface area contributed by atoms with Crippen molar-refractivity contribution in [3.63, 3.8) is 0 Å². The van der Waals surface area contributed by atoms with Crippen LogP contribution >= 0.6 is 23.2 Å². The first-order chi connectivity index (χ1) is 45.0. The van der Waals surface area contributed by atoms with Gasteiger partial charge in [0.1, 0.15) is 0 Å². The SMILES string of the molecule is CCO[C@@H]1C[C@H]2CNC3(CCC3)CN(C)[C@@H](C(CC)CC)CN(C)[C@H](C(=O)N3CCCC3)CCN(C)[C@H]3CCCCC=Cc4ccc(cc4)C[C@@H](CN(C)CCN[C@@H](CCc4ccc(Cl)c(Cl)c4)CN2C1)N1CC/C=C\C[C@@H](C1)N(C)CCN(C)C[C@H]([C@@H](C)CC)NC3. The number of nitrogens with one attached hydrogen (secondary N) is 3. The Bertz CT molecular complexity index is 2510. The molecule has 14 nitrogen and oxygen atoms in total. The highest BCUT2D eigenvalue weighted by molar-refractivity contribution is 6.42. The first-order valence-electron chi connectivity index (χ1n) is 37.6. The molecule has 3 saturated heterocycles. The zero-order valence-electron chi connectivity index (χ0n) is 60.5. The molecule has 8 heterocycles. The van der Waals surface area contributed by atoms with Gasteiger partial charge in [-0.2, -0.15) is 0 Å². The summed E-state index contributed by atoms with van der Waals surface area (Å²) < 4.78 is 6.54. The van der Waals surface area contributed by atoms with Crippen molar-refractivity contribution < 1.29 is 9.53 Å². The molecule has 9 aliphatic rings. The fraction of sp³-hybridized carbons (Fsp3) is 0.779. The van der Waals surface area contributed by atoms with Gasteiger partial charge in [0.05, 0.1) is 22.2 Å². The van der Waals surface area contributed by atoms with Crippen LogP contribution in [0.25, 0.3) is 6.08 Å². The first kappa shape index (κ1) is 76.2. The lowest BCUT2D eigenvalue weighted by Gasteiger charge is -2.49. The second-order valence-electron chi connectivity index (χ2n) is 30.2. The number of halogens is 2. The molecule has 1 aliphatic carbocycles. The van der Waals surface area contributed by atoms with Crippen LogP contribution in [0.15, 0.2) is 60.7 Å². The molecule has 1 unspecified atom stereocenters. The maximum absolute atomic E-state index is 15.1. The maximum Gasteiger partial charge on any atom is 0.239 e. The zero-order valence-corrected chi connectivity index (χ0v) is 62.0. The molecule has 6 bridgehead atoms. The summed E-state index contributed by atoms with van der Waals surface area (Å²) >= 11 is 13.2. The average Bonchev–Trinajstić information content (AvgIpc) is 1.59. The Morgan fingerprint density at radius 3 is 2.13 bits per heavy atom. The van der Waals surface area contributed by atoms with E-state index in [1.807, 2.05) is 6.07 Å². The van der Waals surface area contributed by atoms with Crippen LogP contribution in [0.5, 0.6) is 0 Å². The fourth-order valence-corrected chi connectivity index (χ4v) is 16.9. The number of likely N-dealkylation sites (tertiary alicyclic amines) is 1. The van der Waals surface area contributed by atoms with Gasteiger partial charge >= 0.3 is 0 Å². The van der Waals surface area contributed by atoms with Crippen LogP contribution in [0.1, 0.15) is 160 Å². The number of likely N-dealkylation sites (N-methyl/N-ethyl adjacent to an activating group) is 6. The minimum absolute atomic E-state index is 0.0502. The fourth-order valence-electron chi connectivity index (χ4n) is 16.6. The maximum atomic E-state index is 15.1. The lowest BCUT2D eigenvalue weighted by atomic mass is 9.75. The number of hydrogen-bond donors (Lipinski definition) is 3. The minimum atomic E-state index is -0.172. The second kappa shape index (κ2) is 39.3. The molecule has 3 N–H and O–H groups in total. The van der Waals surface area contributed by atoms with Gasteiger partial charge < -0.3 is 50.1 Å². The molecule has 11 rings (SSSR count). The van der Waals surface area contributed by atoms with E-state index in [9.17, 15) is 0 Å². The van der Waals surface area contributed by atoms with Crippen molar-refractivity contribution in [3.05, 3.63) is 87.4 Å². The lowest BCUT2D eigenvalue weighted by Crippen LogP contribution is -2.62. The summed E-state index contributed by atoms with van der Waals surface area (Å²) in [5, 5.41) is 14.0. The molecule has 1 saturated carbocycles.